The summed E-state index contributed by atoms with van der Waals surface area (Å²) in [7, 11) is 1.58. The van der Waals surface area contributed by atoms with E-state index in [4.69, 9.17) is 9.47 Å². The molecule has 9 nitrogen and oxygen atoms in total. The van der Waals surface area contributed by atoms with Crippen LogP contribution in [0.2, 0.25) is 0 Å². The van der Waals surface area contributed by atoms with Crippen LogP contribution in [-0.2, 0) is 21.6 Å². The summed E-state index contributed by atoms with van der Waals surface area (Å²) in [5.41, 5.74) is 1.48. The van der Waals surface area contributed by atoms with Gasteiger partial charge < -0.3 is 9.47 Å². The van der Waals surface area contributed by atoms with Gasteiger partial charge in [-0.3, -0.25) is 13.9 Å². The summed E-state index contributed by atoms with van der Waals surface area (Å²) in [4.78, 5) is 39.8. The number of hydrazone groups is 1. The minimum atomic E-state index is -0.666. The summed E-state index contributed by atoms with van der Waals surface area (Å²) in [5, 5.41) is 4.48. The van der Waals surface area contributed by atoms with E-state index in [1.807, 2.05) is 13.8 Å². The number of aromatic nitrogens is 2. The van der Waals surface area contributed by atoms with Gasteiger partial charge in [-0.05, 0) is 52.5 Å². The molecule has 0 unspecified atom stereocenters. The van der Waals surface area contributed by atoms with Gasteiger partial charge >= 0.3 is 11.8 Å². The molecule has 0 spiro atoms. The molecule has 2 aromatic rings. The molecule has 10 heteroatoms. The number of carbonyl (C=O) groups is 1. The maximum absolute atomic E-state index is 13.4. The zero-order valence-corrected chi connectivity index (χ0v) is 19.7. The topological polar surface area (TPSA) is 104 Å². The van der Waals surface area contributed by atoms with Gasteiger partial charge in [0.2, 0.25) is 0 Å². The van der Waals surface area contributed by atoms with Crippen LogP contribution in [0.5, 0.6) is 0 Å². The molecule has 31 heavy (non-hydrogen) atoms. The molecule has 1 N–H and O–H groups in total. The lowest BCUT2D eigenvalue weighted by Gasteiger charge is -2.18. The van der Waals surface area contributed by atoms with Crippen LogP contribution in [0.4, 0.5) is 4.79 Å². The third-order valence-corrected chi connectivity index (χ3v) is 6.71. The molecule has 0 atom stereocenters. The van der Waals surface area contributed by atoms with Gasteiger partial charge in [-0.1, -0.05) is 6.92 Å². The average Bonchev–Trinajstić information content (AvgIpc) is 3.39. The first-order valence-corrected chi connectivity index (χ1v) is 11.2. The monoisotopic (exact) mass is 450 g/mol. The third kappa shape index (κ3) is 4.59. The molecular weight excluding hydrogens is 420 g/mol. The largest absolute Gasteiger partial charge is 0.443 e. The fraction of sp³-hybridized carbons (Fsp3) is 0.619. The first kappa shape index (κ1) is 23.2. The van der Waals surface area contributed by atoms with Crippen molar-refractivity contribution in [1.82, 2.24) is 14.6 Å². The number of rotatable bonds is 7. The second-order valence-electron chi connectivity index (χ2n) is 8.79. The highest BCUT2D eigenvalue weighted by molar-refractivity contribution is 7.20. The van der Waals surface area contributed by atoms with Crippen LogP contribution < -0.4 is 16.7 Å². The number of fused-ring (bicyclic) bond motifs is 1. The fourth-order valence-electron chi connectivity index (χ4n) is 3.61. The van der Waals surface area contributed by atoms with E-state index in [0.717, 1.165) is 24.8 Å². The average molecular weight is 451 g/mol. The summed E-state index contributed by atoms with van der Waals surface area (Å²) >= 11 is 1.29. The van der Waals surface area contributed by atoms with E-state index in [1.165, 1.54) is 22.1 Å². The van der Waals surface area contributed by atoms with Crippen molar-refractivity contribution in [3.8, 4) is 0 Å². The zero-order chi connectivity index (χ0) is 23.0. The number of carbonyl (C=O) groups excluding carboxylic acids is 1. The first-order chi connectivity index (χ1) is 14.5. The van der Waals surface area contributed by atoms with E-state index < -0.39 is 17.2 Å². The minimum Gasteiger partial charge on any atom is -0.443 e. The van der Waals surface area contributed by atoms with Crippen LogP contribution in [-0.4, -0.2) is 40.8 Å². The molecule has 0 radical (unpaired) electrons. The van der Waals surface area contributed by atoms with Crippen LogP contribution in [0.25, 0.3) is 10.2 Å². The number of thiophene rings is 1. The van der Waals surface area contributed by atoms with Gasteiger partial charge in [0.15, 0.2) is 0 Å². The number of ether oxygens (including phenoxy) is 2. The van der Waals surface area contributed by atoms with Crippen LogP contribution in [0.1, 0.15) is 57.4 Å². The Hall–Kier alpha value is -2.46. The summed E-state index contributed by atoms with van der Waals surface area (Å²) in [5.74, 6) is 0. The van der Waals surface area contributed by atoms with Crippen LogP contribution >= 0.6 is 11.3 Å². The van der Waals surface area contributed by atoms with E-state index in [0.29, 0.717) is 28.2 Å². The maximum atomic E-state index is 13.4. The highest BCUT2D eigenvalue weighted by Gasteiger charge is 2.45. The number of nitrogens with zero attached hydrogens (tertiary/aromatic N) is 3. The lowest BCUT2D eigenvalue weighted by atomic mass is 10.1. The number of hydrogen-bond donors (Lipinski definition) is 1. The van der Waals surface area contributed by atoms with E-state index in [2.05, 4.69) is 10.5 Å². The van der Waals surface area contributed by atoms with Crippen molar-refractivity contribution >= 4 is 33.9 Å². The van der Waals surface area contributed by atoms with E-state index in [-0.39, 0.29) is 11.2 Å². The van der Waals surface area contributed by atoms with Crippen molar-refractivity contribution in [2.45, 2.75) is 71.6 Å². The predicted molar refractivity (Wildman–Crippen MR) is 121 cm³/mol. The van der Waals surface area contributed by atoms with Crippen LogP contribution in [0.3, 0.4) is 0 Å². The molecule has 1 amide bonds. The molecule has 1 fully saturated rings. The van der Waals surface area contributed by atoms with Gasteiger partial charge in [0.1, 0.15) is 10.4 Å². The Balaban J connectivity index is 2.07. The van der Waals surface area contributed by atoms with Crippen LogP contribution in [0, 0.1) is 6.92 Å². The predicted octanol–water partition coefficient (Wildman–Crippen LogP) is 2.94. The van der Waals surface area contributed by atoms with Gasteiger partial charge in [-0.2, -0.15) is 5.10 Å². The minimum absolute atomic E-state index is 0.262. The Labute approximate surface area is 184 Å². The van der Waals surface area contributed by atoms with E-state index >= 15 is 0 Å². The van der Waals surface area contributed by atoms with Crippen molar-refractivity contribution in [2.75, 3.05) is 13.7 Å². The number of amides is 1. The molecule has 0 aliphatic heterocycles. The highest BCUT2D eigenvalue weighted by atomic mass is 32.1. The third-order valence-electron chi connectivity index (χ3n) is 5.46. The number of methoxy groups -OCH3 is 1. The Morgan fingerprint density at radius 1 is 1.32 bits per heavy atom. The maximum Gasteiger partial charge on any atom is 0.428 e. The molecule has 1 aliphatic carbocycles. The SMILES string of the molecule is CCC1(n2c(=O)c3c(C)c(/C=N/NC(=O)OC(C)(C)C)sc3n(CCOC)c2=O)CC1. The second-order valence-corrected chi connectivity index (χ2v) is 9.82. The smallest absolute Gasteiger partial charge is 0.428 e. The normalized spacial score (nSPS) is 15.5. The van der Waals surface area contributed by atoms with Crippen molar-refractivity contribution in [3.63, 3.8) is 0 Å². The Kier molecular flexibility index (Phi) is 6.43. The quantitative estimate of drug-likeness (QED) is 0.516. The standard InChI is InChI=1S/C21H30N4O5S/c1-7-21(8-9-21)25-16(26)15-13(2)14(12-22-23-18(27)30-20(3,4)5)31-17(15)24(19(25)28)10-11-29-6/h12H,7-11H2,1-6H3,(H,23,27)/b22-12+. The fourth-order valence-corrected chi connectivity index (χ4v) is 4.80. The second kappa shape index (κ2) is 8.58. The Bertz CT molecular complexity index is 1130. The lowest BCUT2D eigenvalue weighted by Crippen LogP contribution is -2.45. The molecule has 1 aliphatic rings. The molecule has 0 bridgehead atoms. The van der Waals surface area contributed by atoms with Crippen molar-refractivity contribution in [2.24, 2.45) is 5.10 Å². The molecule has 0 aromatic carbocycles. The Morgan fingerprint density at radius 3 is 2.55 bits per heavy atom. The molecule has 1 saturated carbocycles. The Morgan fingerprint density at radius 2 is 2.00 bits per heavy atom. The molecule has 3 rings (SSSR count). The molecule has 2 heterocycles. The summed E-state index contributed by atoms with van der Waals surface area (Å²) in [6, 6.07) is 0. The van der Waals surface area contributed by atoms with E-state index in [9.17, 15) is 14.4 Å². The highest BCUT2D eigenvalue weighted by Crippen LogP contribution is 2.45. The zero-order valence-electron chi connectivity index (χ0n) is 18.9. The van der Waals surface area contributed by atoms with Gasteiger partial charge in [-0.25, -0.2) is 15.0 Å². The number of hydrogen-bond acceptors (Lipinski definition) is 7. The summed E-state index contributed by atoms with van der Waals surface area (Å²) in [6.45, 7) is 9.82. The first-order valence-electron chi connectivity index (χ1n) is 10.3. The molecule has 2 aromatic heterocycles. The molecule has 170 valence electrons. The van der Waals surface area contributed by atoms with Crippen molar-refractivity contribution < 1.29 is 14.3 Å². The van der Waals surface area contributed by atoms with Gasteiger partial charge in [0.25, 0.3) is 5.56 Å². The summed E-state index contributed by atoms with van der Waals surface area (Å²) < 4.78 is 13.4. The van der Waals surface area contributed by atoms with Crippen LogP contribution in [0.15, 0.2) is 14.7 Å². The van der Waals surface area contributed by atoms with Gasteiger partial charge in [0, 0.05) is 7.11 Å². The van der Waals surface area contributed by atoms with Gasteiger partial charge in [0.05, 0.1) is 35.2 Å². The summed E-state index contributed by atoms with van der Waals surface area (Å²) in [6.07, 6.45) is 3.19. The van der Waals surface area contributed by atoms with Crippen molar-refractivity contribution in [3.05, 3.63) is 31.3 Å². The number of aryl methyl sites for hydroxylation is 1. The molecule has 0 saturated heterocycles. The lowest BCUT2D eigenvalue weighted by molar-refractivity contribution is 0.0529. The van der Waals surface area contributed by atoms with Crippen molar-refractivity contribution in [1.29, 1.82) is 0 Å². The van der Waals surface area contributed by atoms with Gasteiger partial charge in [-0.15, -0.1) is 11.3 Å². The number of nitrogens with one attached hydrogen (secondary N) is 1. The van der Waals surface area contributed by atoms with E-state index in [1.54, 1.807) is 32.4 Å². The molecular formula is C21H30N4O5S.